The van der Waals surface area contributed by atoms with E-state index in [4.69, 9.17) is 9.51 Å². The van der Waals surface area contributed by atoms with Gasteiger partial charge in [0.1, 0.15) is 5.76 Å². The molecule has 21 heavy (non-hydrogen) atoms. The van der Waals surface area contributed by atoms with Crippen LogP contribution in [0.1, 0.15) is 86.4 Å². The van der Waals surface area contributed by atoms with Gasteiger partial charge in [-0.05, 0) is 32.1 Å². The predicted molar refractivity (Wildman–Crippen MR) is 86.0 cm³/mol. The monoisotopic (exact) mass is 304 g/mol. The molecule has 0 N–H and O–H groups in total. The third-order valence-corrected chi connectivity index (χ3v) is 5.27. The standard InChI is InChI=1S/C17H24N2OS/c1-11(2)16-9-14(19-20-16)6-4-5-12(3)17-18-15(10-21-17)13-7-8-13/h9-13H,4-8H2,1-3H3. The highest BCUT2D eigenvalue weighted by Gasteiger charge is 2.26. The summed E-state index contributed by atoms with van der Waals surface area (Å²) in [6.45, 7) is 6.55. The zero-order valence-corrected chi connectivity index (χ0v) is 13.9. The average molecular weight is 304 g/mol. The highest BCUT2D eigenvalue weighted by atomic mass is 32.1. The largest absolute Gasteiger partial charge is 0.361 e. The maximum atomic E-state index is 5.34. The van der Waals surface area contributed by atoms with Crippen LogP contribution in [0.5, 0.6) is 0 Å². The molecule has 1 aliphatic carbocycles. The molecule has 0 spiro atoms. The van der Waals surface area contributed by atoms with Crippen LogP contribution in [-0.2, 0) is 6.42 Å². The molecule has 3 rings (SSSR count). The average Bonchev–Trinajstić information content (AvgIpc) is 3.01. The molecule has 1 fully saturated rings. The first-order chi connectivity index (χ1) is 10.1. The normalized spacial score (nSPS) is 16.6. The fourth-order valence-electron chi connectivity index (χ4n) is 2.52. The maximum absolute atomic E-state index is 5.34. The first-order valence-electron chi connectivity index (χ1n) is 8.04. The molecule has 1 aliphatic rings. The van der Waals surface area contributed by atoms with Crippen molar-refractivity contribution in [1.29, 1.82) is 0 Å². The molecule has 0 radical (unpaired) electrons. The summed E-state index contributed by atoms with van der Waals surface area (Å²) < 4.78 is 5.34. The maximum Gasteiger partial charge on any atom is 0.139 e. The van der Waals surface area contributed by atoms with Gasteiger partial charge in [-0.25, -0.2) is 4.98 Å². The van der Waals surface area contributed by atoms with Crippen molar-refractivity contribution in [3.8, 4) is 0 Å². The van der Waals surface area contributed by atoms with Gasteiger partial charge in [-0.3, -0.25) is 0 Å². The number of nitrogens with zero attached hydrogens (tertiary/aromatic N) is 2. The summed E-state index contributed by atoms with van der Waals surface area (Å²) in [4.78, 5) is 4.81. The third-order valence-electron chi connectivity index (χ3n) is 4.17. The van der Waals surface area contributed by atoms with E-state index in [0.717, 1.165) is 30.2 Å². The molecule has 0 amide bonds. The molecule has 114 valence electrons. The van der Waals surface area contributed by atoms with E-state index in [1.807, 2.05) is 11.3 Å². The lowest BCUT2D eigenvalue weighted by Crippen LogP contribution is -1.95. The Balaban J connectivity index is 1.47. The Morgan fingerprint density at radius 3 is 2.81 bits per heavy atom. The quantitative estimate of drug-likeness (QED) is 0.700. The molecule has 1 atom stereocenters. The molecule has 0 saturated heterocycles. The number of aryl methyl sites for hydroxylation is 1. The van der Waals surface area contributed by atoms with E-state index >= 15 is 0 Å². The first kappa shape index (κ1) is 14.8. The van der Waals surface area contributed by atoms with Crippen LogP contribution in [-0.4, -0.2) is 10.1 Å². The van der Waals surface area contributed by atoms with E-state index in [2.05, 4.69) is 37.4 Å². The van der Waals surface area contributed by atoms with E-state index in [9.17, 15) is 0 Å². The van der Waals surface area contributed by atoms with Gasteiger partial charge in [0.2, 0.25) is 0 Å². The third kappa shape index (κ3) is 3.73. The van der Waals surface area contributed by atoms with Crippen molar-refractivity contribution in [2.45, 2.75) is 70.6 Å². The van der Waals surface area contributed by atoms with E-state index < -0.39 is 0 Å². The topological polar surface area (TPSA) is 38.9 Å². The van der Waals surface area contributed by atoms with Crippen LogP contribution in [0, 0.1) is 0 Å². The Kier molecular flexibility index (Phi) is 4.43. The van der Waals surface area contributed by atoms with Gasteiger partial charge in [-0.15, -0.1) is 11.3 Å². The van der Waals surface area contributed by atoms with Gasteiger partial charge in [0.25, 0.3) is 0 Å². The van der Waals surface area contributed by atoms with Crippen LogP contribution < -0.4 is 0 Å². The van der Waals surface area contributed by atoms with Crippen molar-refractivity contribution in [2.24, 2.45) is 0 Å². The smallest absolute Gasteiger partial charge is 0.139 e. The number of thiazole rings is 1. The van der Waals surface area contributed by atoms with E-state index in [1.54, 1.807) is 0 Å². The second-order valence-corrected chi connectivity index (χ2v) is 7.44. The van der Waals surface area contributed by atoms with Crippen LogP contribution in [0.3, 0.4) is 0 Å². The number of rotatable bonds is 7. The lowest BCUT2D eigenvalue weighted by Gasteiger charge is -2.06. The van der Waals surface area contributed by atoms with Crippen molar-refractivity contribution in [3.05, 3.63) is 33.6 Å². The number of hydrogen-bond donors (Lipinski definition) is 0. The highest BCUT2D eigenvalue weighted by molar-refractivity contribution is 7.09. The van der Waals surface area contributed by atoms with Crippen LogP contribution in [0.2, 0.25) is 0 Å². The number of aromatic nitrogens is 2. The van der Waals surface area contributed by atoms with Crippen LogP contribution in [0.25, 0.3) is 0 Å². The Morgan fingerprint density at radius 2 is 2.14 bits per heavy atom. The van der Waals surface area contributed by atoms with Gasteiger partial charge in [-0.2, -0.15) is 0 Å². The Labute approximate surface area is 130 Å². The predicted octanol–water partition coefficient (Wildman–Crippen LogP) is 5.26. The van der Waals surface area contributed by atoms with E-state index in [-0.39, 0.29) is 0 Å². The molecule has 2 heterocycles. The van der Waals surface area contributed by atoms with Crippen molar-refractivity contribution in [2.75, 3.05) is 0 Å². The fourth-order valence-corrected chi connectivity index (χ4v) is 3.52. The van der Waals surface area contributed by atoms with E-state index in [1.165, 1.54) is 30.0 Å². The van der Waals surface area contributed by atoms with Crippen LogP contribution in [0.4, 0.5) is 0 Å². The molecular formula is C17H24N2OS. The minimum absolute atomic E-state index is 0.418. The molecule has 2 aromatic heterocycles. The zero-order valence-electron chi connectivity index (χ0n) is 13.1. The summed E-state index contributed by atoms with van der Waals surface area (Å²) >= 11 is 1.83. The van der Waals surface area contributed by atoms with Crippen molar-refractivity contribution in [1.82, 2.24) is 10.1 Å². The summed E-state index contributed by atoms with van der Waals surface area (Å²) in [7, 11) is 0. The van der Waals surface area contributed by atoms with Crippen molar-refractivity contribution in [3.63, 3.8) is 0 Å². The second-order valence-electron chi connectivity index (χ2n) is 6.55. The molecule has 0 aliphatic heterocycles. The molecule has 0 aromatic carbocycles. The summed E-state index contributed by atoms with van der Waals surface area (Å²) in [6.07, 6.45) is 5.98. The summed E-state index contributed by atoms with van der Waals surface area (Å²) in [6, 6.07) is 2.10. The van der Waals surface area contributed by atoms with E-state index in [0.29, 0.717) is 11.8 Å². The van der Waals surface area contributed by atoms with Gasteiger partial charge in [0, 0.05) is 29.2 Å². The molecule has 3 nitrogen and oxygen atoms in total. The Hall–Kier alpha value is -1.16. The lowest BCUT2D eigenvalue weighted by molar-refractivity contribution is 0.365. The van der Waals surface area contributed by atoms with Gasteiger partial charge < -0.3 is 4.52 Å². The van der Waals surface area contributed by atoms with Gasteiger partial charge >= 0.3 is 0 Å². The van der Waals surface area contributed by atoms with Crippen LogP contribution >= 0.6 is 11.3 Å². The van der Waals surface area contributed by atoms with Gasteiger partial charge in [0.15, 0.2) is 0 Å². The first-order valence-corrected chi connectivity index (χ1v) is 8.92. The minimum Gasteiger partial charge on any atom is -0.361 e. The molecule has 1 saturated carbocycles. The summed E-state index contributed by atoms with van der Waals surface area (Å²) in [5.41, 5.74) is 2.42. The number of hydrogen-bond acceptors (Lipinski definition) is 4. The SMILES string of the molecule is CC(C)c1cc(CCCC(C)c2nc(C3CC3)cs2)no1. The summed E-state index contributed by atoms with van der Waals surface area (Å²) in [5.74, 6) is 2.74. The lowest BCUT2D eigenvalue weighted by atomic mass is 10.0. The van der Waals surface area contributed by atoms with Gasteiger partial charge in [0.05, 0.1) is 16.4 Å². The highest BCUT2D eigenvalue weighted by Crippen LogP contribution is 2.41. The molecule has 1 unspecified atom stereocenters. The minimum atomic E-state index is 0.418. The molecule has 0 bridgehead atoms. The fraction of sp³-hybridized carbons (Fsp3) is 0.647. The molecule has 2 aromatic rings. The Bertz CT molecular complexity index is 583. The van der Waals surface area contributed by atoms with Crippen molar-refractivity contribution >= 4 is 11.3 Å². The van der Waals surface area contributed by atoms with Crippen molar-refractivity contribution < 1.29 is 4.52 Å². The van der Waals surface area contributed by atoms with Gasteiger partial charge in [-0.1, -0.05) is 25.9 Å². The molecule has 4 heteroatoms. The molecular weight excluding hydrogens is 280 g/mol. The summed E-state index contributed by atoms with van der Waals surface area (Å²) in [5, 5.41) is 7.72. The Morgan fingerprint density at radius 1 is 1.33 bits per heavy atom. The second kappa shape index (κ2) is 6.30. The zero-order chi connectivity index (χ0) is 14.8. The van der Waals surface area contributed by atoms with Crippen LogP contribution in [0.15, 0.2) is 16.0 Å².